The van der Waals surface area contributed by atoms with Gasteiger partial charge in [0, 0.05) is 6.42 Å². The predicted octanol–water partition coefficient (Wildman–Crippen LogP) is 4.50. The van der Waals surface area contributed by atoms with Crippen molar-refractivity contribution < 1.29 is 9.21 Å². The third kappa shape index (κ3) is 3.46. The number of Topliss-reactive ketones (excluding diaryl/α,β-unsaturated/α-hetero) is 1. The molecule has 2 heterocycles. The number of aryl methyl sites for hydroxylation is 1. The molecule has 0 spiro atoms. The van der Waals surface area contributed by atoms with Crippen LogP contribution in [-0.2, 0) is 11.3 Å². The second-order valence-corrected chi connectivity index (χ2v) is 7.76. The number of thioether (sulfide) groups is 1. The van der Waals surface area contributed by atoms with Crippen molar-refractivity contribution in [1.29, 1.82) is 0 Å². The van der Waals surface area contributed by atoms with E-state index in [0.717, 1.165) is 41.6 Å². The minimum atomic E-state index is -0.0132. The van der Waals surface area contributed by atoms with Crippen molar-refractivity contribution >= 4 is 17.5 Å². The third-order valence-electron chi connectivity index (χ3n) is 4.75. The van der Waals surface area contributed by atoms with Gasteiger partial charge in [0.25, 0.3) is 0 Å². The fraction of sp³-hybridized carbons (Fsp3) is 0.350. The molecule has 134 valence electrons. The van der Waals surface area contributed by atoms with Crippen LogP contribution in [-0.4, -0.2) is 25.8 Å². The summed E-state index contributed by atoms with van der Waals surface area (Å²) in [5.74, 6) is 1.93. The molecule has 1 saturated carbocycles. The summed E-state index contributed by atoms with van der Waals surface area (Å²) >= 11 is 1.55. The van der Waals surface area contributed by atoms with Gasteiger partial charge in [0.2, 0.25) is 0 Å². The third-order valence-corrected chi connectivity index (χ3v) is 6.04. The maximum absolute atomic E-state index is 12.3. The van der Waals surface area contributed by atoms with Crippen LogP contribution in [0, 0.1) is 6.92 Å². The van der Waals surface area contributed by atoms with Crippen LogP contribution in [0.25, 0.3) is 11.4 Å². The van der Waals surface area contributed by atoms with E-state index in [4.69, 9.17) is 4.42 Å². The van der Waals surface area contributed by atoms with Crippen molar-refractivity contribution in [2.75, 3.05) is 0 Å². The molecule has 4 rings (SSSR count). The topological polar surface area (TPSA) is 60.9 Å². The van der Waals surface area contributed by atoms with E-state index < -0.39 is 0 Å². The van der Waals surface area contributed by atoms with Gasteiger partial charge >= 0.3 is 0 Å². The summed E-state index contributed by atoms with van der Waals surface area (Å²) in [7, 11) is 0. The predicted molar refractivity (Wildman–Crippen MR) is 101 cm³/mol. The Balaban J connectivity index is 1.70. The van der Waals surface area contributed by atoms with Crippen LogP contribution in [0.4, 0.5) is 0 Å². The van der Waals surface area contributed by atoms with Gasteiger partial charge in [-0.2, -0.15) is 0 Å². The summed E-state index contributed by atoms with van der Waals surface area (Å²) < 4.78 is 7.56. The van der Waals surface area contributed by atoms with Crippen molar-refractivity contribution in [3.8, 4) is 11.4 Å². The van der Waals surface area contributed by atoms with E-state index in [0.29, 0.717) is 18.7 Å². The summed E-state index contributed by atoms with van der Waals surface area (Å²) in [5, 5.41) is 9.63. The van der Waals surface area contributed by atoms with E-state index >= 15 is 0 Å². The van der Waals surface area contributed by atoms with Crippen LogP contribution < -0.4 is 0 Å². The fourth-order valence-electron chi connectivity index (χ4n) is 3.30. The fourth-order valence-corrected chi connectivity index (χ4v) is 4.46. The molecule has 0 saturated heterocycles. The van der Waals surface area contributed by atoms with E-state index in [2.05, 4.69) is 26.9 Å². The molecule has 5 nitrogen and oxygen atoms in total. The molecule has 0 bridgehead atoms. The highest BCUT2D eigenvalue weighted by atomic mass is 32.2. The van der Waals surface area contributed by atoms with E-state index in [1.54, 1.807) is 18.0 Å². The lowest BCUT2D eigenvalue weighted by atomic mass is 9.99. The zero-order chi connectivity index (χ0) is 17.9. The number of aromatic nitrogens is 3. The molecule has 1 atom stereocenters. The Morgan fingerprint density at radius 2 is 2.04 bits per heavy atom. The highest BCUT2D eigenvalue weighted by Gasteiger charge is 2.27. The number of hydrogen-bond donors (Lipinski definition) is 0. The molecule has 1 unspecified atom stereocenters. The molecule has 2 aromatic heterocycles. The molecular formula is C20H21N3O2S. The molecular weight excluding hydrogens is 346 g/mol. The average Bonchev–Trinajstić information content (AvgIpc) is 3.24. The number of rotatable bonds is 5. The summed E-state index contributed by atoms with van der Waals surface area (Å²) in [6, 6.07) is 12.2. The van der Waals surface area contributed by atoms with Gasteiger partial charge in [-0.15, -0.1) is 10.2 Å². The molecule has 1 aromatic carbocycles. The minimum Gasteiger partial charge on any atom is -0.469 e. The Morgan fingerprint density at radius 3 is 2.77 bits per heavy atom. The van der Waals surface area contributed by atoms with Crippen molar-refractivity contribution in [2.45, 2.75) is 49.6 Å². The van der Waals surface area contributed by atoms with Crippen LogP contribution in [0.1, 0.15) is 37.0 Å². The number of ketones is 1. The number of carbonyl (C=O) groups is 1. The molecule has 1 aliphatic rings. The Morgan fingerprint density at radius 1 is 1.19 bits per heavy atom. The molecule has 26 heavy (non-hydrogen) atoms. The van der Waals surface area contributed by atoms with E-state index in [1.165, 1.54) is 5.56 Å². The van der Waals surface area contributed by atoms with Crippen molar-refractivity contribution in [1.82, 2.24) is 14.8 Å². The molecule has 1 aliphatic carbocycles. The number of hydrogen-bond acceptors (Lipinski definition) is 5. The monoisotopic (exact) mass is 367 g/mol. The van der Waals surface area contributed by atoms with Gasteiger partial charge in [-0.3, -0.25) is 9.36 Å². The highest BCUT2D eigenvalue weighted by Crippen LogP contribution is 2.34. The molecule has 0 N–H and O–H groups in total. The Labute approximate surface area is 156 Å². The van der Waals surface area contributed by atoms with Gasteiger partial charge in [-0.05, 0) is 31.4 Å². The van der Waals surface area contributed by atoms with Gasteiger partial charge < -0.3 is 4.42 Å². The van der Waals surface area contributed by atoms with Crippen molar-refractivity contribution in [3.05, 3.63) is 54.0 Å². The van der Waals surface area contributed by atoms with Crippen LogP contribution in [0.3, 0.4) is 0 Å². The van der Waals surface area contributed by atoms with Crippen molar-refractivity contribution in [2.24, 2.45) is 0 Å². The first kappa shape index (κ1) is 17.1. The largest absolute Gasteiger partial charge is 0.469 e. The summed E-state index contributed by atoms with van der Waals surface area (Å²) in [5.41, 5.74) is 2.11. The molecule has 6 heteroatoms. The molecule has 3 aromatic rings. The molecule has 0 aliphatic heterocycles. The summed E-state index contributed by atoms with van der Waals surface area (Å²) in [4.78, 5) is 12.3. The van der Waals surface area contributed by atoms with Crippen LogP contribution in [0.2, 0.25) is 0 Å². The normalized spacial score (nSPS) is 17.6. The minimum absolute atomic E-state index is 0.0132. The molecule has 1 fully saturated rings. The zero-order valence-corrected chi connectivity index (χ0v) is 15.5. The number of benzene rings is 1. The maximum atomic E-state index is 12.3. The van der Waals surface area contributed by atoms with Gasteiger partial charge in [0.05, 0.1) is 23.6 Å². The molecule has 0 amide bonds. The van der Waals surface area contributed by atoms with Crippen LogP contribution in [0.5, 0.6) is 0 Å². The Hall–Kier alpha value is -2.34. The zero-order valence-electron chi connectivity index (χ0n) is 14.7. The van der Waals surface area contributed by atoms with E-state index in [-0.39, 0.29) is 5.25 Å². The SMILES string of the molecule is Cc1occc1-c1nnc(SC2CCCCC2=O)n1Cc1ccccc1. The lowest BCUT2D eigenvalue weighted by molar-refractivity contribution is -0.119. The smallest absolute Gasteiger partial charge is 0.192 e. The van der Waals surface area contributed by atoms with Crippen molar-refractivity contribution in [3.63, 3.8) is 0 Å². The van der Waals surface area contributed by atoms with E-state index in [9.17, 15) is 4.79 Å². The lowest BCUT2D eigenvalue weighted by Gasteiger charge is -2.19. The number of furan rings is 1. The summed E-state index contributed by atoms with van der Waals surface area (Å²) in [6.45, 7) is 2.59. The first-order valence-corrected chi connectivity index (χ1v) is 9.81. The quantitative estimate of drug-likeness (QED) is 0.664. The second kappa shape index (κ2) is 7.50. The second-order valence-electron chi connectivity index (χ2n) is 6.59. The van der Waals surface area contributed by atoms with Gasteiger partial charge in [0.1, 0.15) is 11.5 Å². The first-order valence-electron chi connectivity index (χ1n) is 8.93. The first-order chi connectivity index (χ1) is 12.7. The Kier molecular flexibility index (Phi) is 4.93. The Bertz CT molecular complexity index is 901. The van der Waals surface area contributed by atoms with Crippen LogP contribution in [0.15, 0.2) is 52.2 Å². The number of nitrogens with zero attached hydrogens (tertiary/aromatic N) is 3. The standard InChI is InChI=1S/C20H21N3O2S/c1-14-16(11-12-25-14)19-21-22-20(26-18-10-6-5-9-17(18)24)23(19)13-15-7-3-2-4-8-15/h2-4,7-8,11-12,18H,5-6,9-10,13H2,1H3. The molecule has 0 radical (unpaired) electrons. The van der Waals surface area contributed by atoms with Gasteiger partial charge in [-0.1, -0.05) is 48.5 Å². The average molecular weight is 367 g/mol. The summed E-state index contributed by atoms with van der Waals surface area (Å²) in [6.07, 6.45) is 5.37. The highest BCUT2D eigenvalue weighted by molar-refractivity contribution is 8.00. The maximum Gasteiger partial charge on any atom is 0.192 e. The van der Waals surface area contributed by atoms with Crippen LogP contribution >= 0.6 is 11.8 Å². The number of carbonyl (C=O) groups excluding carboxylic acids is 1. The van der Waals surface area contributed by atoms with Gasteiger partial charge in [-0.25, -0.2) is 0 Å². The lowest BCUT2D eigenvalue weighted by Crippen LogP contribution is -2.22. The van der Waals surface area contributed by atoms with E-state index in [1.807, 2.05) is 31.2 Å². The van der Waals surface area contributed by atoms with Gasteiger partial charge in [0.15, 0.2) is 11.0 Å².